The Labute approximate surface area is 107 Å². The van der Waals surface area contributed by atoms with Crippen LogP contribution in [0.3, 0.4) is 0 Å². The summed E-state index contributed by atoms with van der Waals surface area (Å²) in [6, 6.07) is 0. The molecule has 100 valence electrons. The smallest absolute Gasteiger partial charge is 0.0334 e. The molecule has 0 spiro atoms. The van der Waals surface area contributed by atoms with Gasteiger partial charge in [-0.25, -0.2) is 0 Å². The summed E-state index contributed by atoms with van der Waals surface area (Å²) in [5, 5.41) is 0. The third-order valence-corrected chi connectivity index (χ3v) is 5.11. The average Bonchev–Trinajstić information content (AvgIpc) is 3.19. The van der Waals surface area contributed by atoms with Crippen LogP contribution in [-0.4, -0.2) is 30.1 Å². The first-order valence-corrected chi connectivity index (χ1v) is 7.69. The fraction of sp³-hybridized carbons (Fsp3) is 1.00. The third-order valence-electron chi connectivity index (χ3n) is 5.11. The van der Waals surface area contributed by atoms with E-state index >= 15 is 0 Å². The molecule has 17 heavy (non-hydrogen) atoms. The summed E-state index contributed by atoms with van der Waals surface area (Å²) < 4.78 is 0. The van der Waals surface area contributed by atoms with E-state index in [2.05, 4.69) is 18.7 Å². The first-order valence-electron chi connectivity index (χ1n) is 7.69. The van der Waals surface area contributed by atoms with Crippen molar-refractivity contribution < 1.29 is 0 Å². The van der Waals surface area contributed by atoms with E-state index in [1.165, 1.54) is 58.0 Å². The van der Waals surface area contributed by atoms with Gasteiger partial charge in [0.05, 0.1) is 0 Å². The molecule has 2 N–H and O–H groups in total. The summed E-state index contributed by atoms with van der Waals surface area (Å²) >= 11 is 0. The fourth-order valence-electron chi connectivity index (χ4n) is 3.68. The van der Waals surface area contributed by atoms with Gasteiger partial charge < -0.3 is 5.73 Å². The largest absolute Gasteiger partial charge is 0.329 e. The lowest BCUT2D eigenvalue weighted by Crippen LogP contribution is -2.56. The van der Waals surface area contributed by atoms with Crippen molar-refractivity contribution in [2.75, 3.05) is 19.6 Å². The van der Waals surface area contributed by atoms with Crippen molar-refractivity contribution in [2.45, 2.75) is 64.3 Å². The van der Waals surface area contributed by atoms with E-state index < -0.39 is 0 Å². The Morgan fingerprint density at radius 1 is 1.18 bits per heavy atom. The highest BCUT2D eigenvalue weighted by Crippen LogP contribution is 2.40. The van der Waals surface area contributed by atoms with Gasteiger partial charge in [-0.2, -0.15) is 0 Å². The minimum Gasteiger partial charge on any atom is -0.329 e. The highest BCUT2D eigenvalue weighted by atomic mass is 15.2. The van der Waals surface area contributed by atoms with Gasteiger partial charge >= 0.3 is 0 Å². The zero-order valence-corrected chi connectivity index (χ0v) is 11.8. The minimum absolute atomic E-state index is 0.344. The Morgan fingerprint density at radius 3 is 2.47 bits per heavy atom. The van der Waals surface area contributed by atoms with Gasteiger partial charge in [0.1, 0.15) is 0 Å². The Morgan fingerprint density at radius 2 is 1.94 bits per heavy atom. The second kappa shape index (κ2) is 5.71. The maximum Gasteiger partial charge on any atom is 0.0334 e. The van der Waals surface area contributed by atoms with Gasteiger partial charge in [-0.3, -0.25) is 4.90 Å². The van der Waals surface area contributed by atoms with Crippen molar-refractivity contribution in [3.63, 3.8) is 0 Å². The molecule has 2 aliphatic rings. The summed E-state index contributed by atoms with van der Waals surface area (Å²) in [7, 11) is 0. The molecule has 0 aromatic carbocycles. The zero-order chi connectivity index (χ0) is 12.3. The maximum absolute atomic E-state index is 6.19. The lowest BCUT2D eigenvalue weighted by molar-refractivity contribution is 0.0351. The van der Waals surface area contributed by atoms with Gasteiger partial charge in [0.25, 0.3) is 0 Å². The SMILES string of the molecule is CCC1CCCC(CN)(N(CC)CC2CC2)C1. The van der Waals surface area contributed by atoms with Crippen LogP contribution in [-0.2, 0) is 0 Å². The normalized spacial score (nSPS) is 34.2. The number of hydrogen-bond donors (Lipinski definition) is 1. The second-order valence-corrected chi connectivity index (χ2v) is 6.28. The molecule has 0 heterocycles. The molecule has 2 rings (SSSR count). The fourth-order valence-corrected chi connectivity index (χ4v) is 3.68. The summed E-state index contributed by atoms with van der Waals surface area (Å²) in [6.45, 7) is 8.02. The van der Waals surface area contributed by atoms with E-state index in [-0.39, 0.29) is 0 Å². The molecular weight excluding hydrogens is 208 g/mol. The Kier molecular flexibility index (Phi) is 4.48. The van der Waals surface area contributed by atoms with Crippen LogP contribution in [0.25, 0.3) is 0 Å². The van der Waals surface area contributed by atoms with Crippen LogP contribution in [0, 0.1) is 11.8 Å². The predicted molar refractivity (Wildman–Crippen MR) is 74.0 cm³/mol. The van der Waals surface area contributed by atoms with Crippen LogP contribution in [0.4, 0.5) is 0 Å². The molecule has 0 radical (unpaired) electrons. The summed E-state index contributed by atoms with van der Waals surface area (Å²) in [5.41, 5.74) is 6.53. The topological polar surface area (TPSA) is 29.3 Å². The van der Waals surface area contributed by atoms with Crippen molar-refractivity contribution in [3.05, 3.63) is 0 Å². The van der Waals surface area contributed by atoms with Crippen molar-refractivity contribution in [1.82, 2.24) is 4.90 Å². The molecule has 0 bridgehead atoms. The summed E-state index contributed by atoms with van der Waals surface area (Å²) in [6.07, 6.45) is 9.74. The van der Waals surface area contributed by atoms with E-state index in [0.717, 1.165) is 18.4 Å². The standard InChI is InChI=1S/C15H30N2/c1-3-13-6-5-9-15(10-13,12-16)17(4-2)11-14-7-8-14/h13-14H,3-12,16H2,1-2H3. The molecule has 0 aliphatic heterocycles. The Bertz CT molecular complexity index is 237. The number of nitrogens with zero attached hydrogens (tertiary/aromatic N) is 1. The third kappa shape index (κ3) is 3.03. The molecule has 2 fully saturated rings. The number of rotatable bonds is 6. The van der Waals surface area contributed by atoms with E-state index in [9.17, 15) is 0 Å². The number of likely N-dealkylation sites (N-methyl/N-ethyl adjacent to an activating group) is 1. The quantitative estimate of drug-likeness (QED) is 0.771. The first kappa shape index (κ1) is 13.4. The molecule has 2 nitrogen and oxygen atoms in total. The minimum atomic E-state index is 0.344. The maximum atomic E-state index is 6.19. The van der Waals surface area contributed by atoms with Gasteiger partial charge in [0.2, 0.25) is 0 Å². The summed E-state index contributed by atoms with van der Waals surface area (Å²) in [4.78, 5) is 2.73. The van der Waals surface area contributed by atoms with Crippen molar-refractivity contribution in [2.24, 2.45) is 17.6 Å². The molecule has 2 heteroatoms. The van der Waals surface area contributed by atoms with E-state index in [0.29, 0.717) is 5.54 Å². The molecule has 0 aromatic rings. The van der Waals surface area contributed by atoms with E-state index in [1.54, 1.807) is 0 Å². The monoisotopic (exact) mass is 238 g/mol. The van der Waals surface area contributed by atoms with Crippen LogP contribution in [0.5, 0.6) is 0 Å². The highest BCUT2D eigenvalue weighted by Gasteiger charge is 2.40. The van der Waals surface area contributed by atoms with Gasteiger partial charge in [0, 0.05) is 18.6 Å². The molecule has 2 unspecified atom stereocenters. The Balaban J connectivity index is 2.03. The van der Waals surface area contributed by atoms with Gasteiger partial charge in [-0.1, -0.05) is 33.1 Å². The van der Waals surface area contributed by atoms with Gasteiger partial charge in [0.15, 0.2) is 0 Å². The van der Waals surface area contributed by atoms with Crippen molar-refractivity contribution in [3.8, 4) is 0 Å². The first-order chi connectivity index (χ1) is 8.24. The second-order valence-electron chi connectivity index (χ2n) is 6.28. The van der Waals surface area contributed by atoms with Crippen LogP contribution in [0.1, 0.15) is 58.8 Å². The van der Waals surface area contributed by atoms with Crippen LogP contribution in [0.2, 0.25) is 0 Å². The van der Waals surface area contributed by atoms with Crippen LogP contribution in [0.15, 0.2) is 0 Å². The molecule has 0 saturated heterocycles. The lowest BCUT2D eigenvalue weighted by atomic mass is 9.73. The average molecular weight is 238 g/mol. The molecule has 0 amide bonds. The molecular formula is C15H30N2. The predicted octanol–water partition coefficient (Wildman–Crippen LogP) is 3.02. The summed E-state index contributed by atoms with van der Waals surface area (Å²) in [5.74, 6) is 1.90. The molecule has 2 atom stereocenters. The van der Waals surface area contributed by atoms with Crippen molar-refractivity contribution in [1.29, 1.82) is 0 Å². The number of hydrogen-bond acceptors (Lipinski definition) is 2. The molecule has 2 aliphatic carbocycles. The Hall–Kier alpha value is -0.0800. The van der Waals surface area contributed by atoms with Gasteiger partial charge in [-0.15, -0.1) is 0 Å². The van der Waals surface area contributed by atoms with Crippen LogP contribution >= 0.6 is 0 Å². The van der Waals surface area contributed by atoms with E-state index in [4.69, 9.17) is 5.73 Å². The van der Waals surface area contributed by atoms with Crippen LogP contribution < -0.4 is 5.73 Å². The van der Waals surface area contributed by atoms with E-state index in [1.807, 2.05) is 0 Å². The van der Waals surface area contributed by atoms with Crippen molar-refractivity contribution >= 4 is 0 Å². The number of nitrogens with two attached hydrogens (primary N) is 1. The highest BCUT2D eigenvalue weighted by molar-refractivity contribution is 4.97. The zero-order valence-electron chi connectivity index (χ0n) is 11.8. The lowest BCUT2D eigenvalue weighted by Gasteiger charge is -2.48. The molecule has 2 saturated carbocycles. The van der Waals surface area contributed by atoms with Gasteiger partial charge in [-0.05, 0) is 44.1 Å². The molecule has 0 aromatic heterocycles.